The van der Waals surface area contributed by atoms with E-state index in [2.05, 4.69) is 4.98 Å². The van der Waals surface area contributed by atoms with E-state index in [1.807, 2.05) is 13.0 Å². The Kier molecular flexibility index (Phi) is 2.44. The molecule has 0 radical (unpaired) electrons. The van der Waals surface area contributed by atoms with Crippen molar-refractivity contribution in [1.82, 2.24) is 4.98 Å². The van der Waals surface area contributed by atoms with Crippen molar-refractivity contribution in [2.24, 2.45) is 0 Å². The molecule has 60 valence electrons. The van der Waals surface area contributed by atoms with Gasteiger partial charge in [-0.05, 0) is 19.1 Å². The molecule has 3 nitrogen and oxygen atoms in total. The van der Waals surface area contributed by atoms with Crippen molar-refractivity contribution in [3.63, 3.8) is 0 Å². The third kappa shape index (κ3) is 1.68. The van der Waals surface area contributed by atoms with Gasteiger partial charge in [0.2, 0.25) is 0 Å². The van der Waals surface area contributed by atoms with Gasteiger partial charge in [-0.25, -0.2) is 0 Å². The van der Waals surface area contributed by atoms with Gasteiger partial charge in [-0.3, -0.25) is 4.98 Å². The van der Waals surface area contributed by atoms with Gasteiger partial charge in [0.25, 0.3) is 0 Å². The van der Waals surface area contributed by atoms with Gasteiger partial charge in [-0.2, -0.15) is 0 Å². The summed E-state index contributed by atoms with van der Waals surface area (Å²) in [5.74, 6) is 0.637. The van der Waals surface area contributed by atoms with Gasteiger partial charge in [0, 0.05) is 5.69 Å². The minimum absolute atomic E-state index is 0.0785. The molecule has 0 saturated heterocycles. The van der Waals surface area contributed by atoms with Crippen molar-refractivity contribution in [2.45, 2.75) is 13.5 Å². The van der Waals surface area contributed by atoms with Crippen molar-refractivity contribution < 1.29 is 9.84 Å². The van der Waals surface area contributed by atoms with E-state index in [9.17, 15) is 0 Å². The van der Waals surface area contributed by atoms with Crippen LogP contribution in [0.4, 0.5) is 0 Å². The Morgan fingerprint density at radius 2 is 2.27 bits per heavy atom. The maximum absolute atomic E-state index is 8.83. The zero-order valence-electron chi connectivity index (χ0n) is 6.66. The Bertz CT molecular complexity index is 248. The number of aliphatic hydroxyl groups is 1. The predicted molar refractivity (Wildman–Crippen MR) is 41.4 cm³/mol. The highest BCUT2D eigenvalue weighted by atomic mass is 16.5. The fourth-order valence-electron chi connectivity index (χ4n) is 0.897. The van der Waals surface area contributed by atoms with Gasteiger partial charge in [0.15, 0.2) is 0 Å². The molecule has 1 N–H and O–H groups in total. The highest BCUT2D eigenvalue weighted by Crippen LogP contribution is 2.15. The Labute approximate surface area is 65.7 Å². The molecule has 0 aromatic carbocycles. The maximum Gasteiger partial charge on any atom is 0.142 e. The van der Waals surface area contributed by atoms with Crippen LogP contribution in [0.15, 0.2) is 12.1 Å². The van der Waals surface area contributed by atoms with Crippen molar-refractivity contribution in [2.75, 3.05) is 7.11 Å². The van der Waals surface area contributed by atoms with Gasteiger partial charge >= 0.3 is 0 Å². The summed E-state index contributed by atoms with van der Waals surface area (Å²) in [6, 6.07) is 3.64. The van der Waals surface area contributed by atoms with Crippen molar-refractivity contribution in [3.8, 4) is 5.75 Å². The zero-order valence-corrected chi connectivity index (χ0v) is 6.66. The van der Waals surface area contributed by atoms with Crippen LogP contribution in [-0.4, -0.2) is 17.2 Å². The summed E-state index contributed by atoms with van der Waals surface area (Å²) in [7, 11) is 1.56. The molecule has 11 heavy (non-hydrogen) atoms. The first-order chi connectivity index (χ1) is 5.27. The highest BCUT2D eigenvalue weighted by molar-refractivity contribution is 5.28. The number of aliphatic hydroxyl groups excluding tert-OH is 1. The van der Waals surface area contributed by atoms with Crippen LogP contribution in [0.5, 0.6) is 5.75 Å². The Morgan fingerprint density at radius 3 is 2.82 bits per heavy atom. The zero-order chi connectivity index (χ0) is 8.27. The summed E-state index contributed by atoms with van der Waals surface area (Å²) < 4.78 is 4.97. The largest absolute Gasteiger partial charge is 0.495 e. The Hall–Kier alpha value is -1.09. The van der Waals surface area contributed by atoms with E-state index in [1.165, 1.54) is 0 Å². The Balaban J connectivity index is 3.06. The van der Waals surface area contributed by atoms with Gasteiger partial charge in [-0.1, -0.05) is 0 Å². The molecule has 0 saturated carbocycles. The summed E-state index contributed by atoms with van der Waals surface area (Å²) in [4.78, 5) is 4.09. The maximum atomic E-state index is 8.83. The van der Waals surface area contributed by atoms with Crippen LogP contribution in [0.25, 0.3) is 0 Å². The topological polar surface area (TPSA) is 42.4 Å². The van der Waals surface area contributed by atoms with E-state index in [0.717, 1.165) is 5.69 Å². The average molecular weight is 153 g/mol. The summed E-state index contributed by atoms with van der Waals surface area (Å²) in [6.07, 6.45) is 0. The van der Waals surface area contributed by atoms with Crippen molar-refractivity contribution in [3.05, 3.63) is 23.5 Å². The lowest BCUT2D eigenvalue weighted by Crippen LogP contribution is -1.96. The number of hydrogen-bond acceptors (Lipinski definition) is 3. The molecule has 1 aromatic heterocycles. The quantitative estimate of drug-likeness (QED) is 0.686. The number of aryl methyl sites for hydroxylation is 1. The first-order valence-corrected chi connectivity index (χ1v) is 3.39. The van der Waals surface area contributed by atoms with Crippen LogP contribution in [0.2, 0.25) is 0 Å². The fourth-order valence-corrected chi connectivity index (χ4v) is 0.897. The summed E-state index contributed by atoms with van der Waals surface area (Å²) in [5.41, 5.74) is 1.47. The number of ether oxygens (including phenoxy) is 1. The molecule has 1 rings (SSSR count). The van der Waals surface area contributed by atoms with Gasteiger partial charge < -0.3 is 9.84 Å². The first kappa shape index (κ1) is 8.01. The van der Waals surface area contributed by atoms with E-state index < -0.39 is 0 Å². The molecule has 1 aromatic rings. The molecule has 1 heterocycles. The lowest BCUT2D eigenvalue weighted by Gasteiger charge is -2.04. The number of nitrogens with zero attached hydrogens (tertiary/aromatic N) is 1. The molecule has 0 aliphatic carbocycles. The van der Waals surface area contributed by atoms with E-state index >= 15 is 0 Å². The predicted octanol–water partition coefficient (Wildman–Crippen LogP) is 0.891. The standard InChI is InChI=1S/C8H11NO2/c1-6-3-4-8(11-2)7(5-10)9-6/h3-4,10H,5H2,1-2H3. The molecule has 0 unspecified atom stereocenters. The minimum Gasteiger partial charge on any atom is -0.495 e. The van der Waals surface area contributed by atoms with Crippen molar-refractivity contribution >= 4 is 0 Å². The summed E-state index contributed by atoms with van der Waals surface area (Å²) >= 11 is 0. The number of aromatic nitrogens is 1. The number of pyridine rings is 1. The van der Waals surface area contributed by atoms with Gasteiger partial charge in [-0.15, -0.1) is 0 Å². The van der Waals surface area contributed by atoms with Crippen LogP contribution in [0.1, 0.15) is 11.4 Å². The molecule has 0 fully saturated rings. The normalized spacial score (nSPS) is 9.73. The van der Waals surface area contributed by atoms with Crippen LogP contribution < -0.4 is 4.74 Å². The van der Waals surface area contributed by atoms with Gasteiger partial charge in [0.05, 0.1) is 13.7 Å². The van der Waals surface area contributed by atoms with E-state index in [-0.39, 0.29) is 6.61 Å². The number of methoxy groups -OCH3 is 1. The van der Waals surface area contributed by atoms with Crippen LogP contribution in [0, 0.1) is 6.92 Å². The lowest BCUT2D eigenvalue weighted by atomic mass is 10.3. The molecule has 0 amide bonds. The second kappa shape index (κ2) is 3.34. The molecule has 0 spiro atoms. The summed E-state index contributed by atoms with van der Waals surface area (Å²) in [6.45, 7) is 1.80. The van der Waals surface area contributed by atoms with E-state index in [1.54, 1.807) is 13.2 Å². The monoisotopic (exact) mass is 153 g/mol. The van der Waals surface area contributed by atoms with Crippen molar-refractivity contribution in [1.29, 1.82) is 0 Å². The van der Waals surface area contributed by atoms with Crippen LogP contribution >= 0.6 is 0 Å². The molecule has 0 aliphatic rings. The second-order valence-electron chi connectivity index (χ2n) is 2.26. The molecular weight excluding hydrogens is 142 g/mol. The molecule has 0 bridgehead atoms. The smallest absolute Gasteiger partial charge is 0.142 e. The minimum atomic E-state index is -0.0785. The molecule has 0 aliphatic heterocycles. The SMILES string of the molecule is COc1ccc(C)nc1CO. The number of rotatable bonds is 2. The molecule has 0 atom stereocenters. The van der Waals surface area contributed by atoms with Gasteiger partial charge in [0.1, 0.15) is 11.4 Å². The van der Waals surface area contributed by atoms with E-state index in [0.29, 0.717) is 11.4 Å². The Morgan fingerprint density at radius 1 is 1.55 bits per heavy atom. The first-order valence-electron chi connectivity index (χ1n) is 3.39. The average Bonchev–Trinajstić information content (AvgIpc) is 2.04. The summed E-state index contributed by atoms with van der Waals surface area (Å²) in [5, 5.41) is 8.83. The molecular formula is C8H11NO2. The molecule has 3 heteroatoms. The number of hydrogen-bond donors (Lipinski definition) is 1. The highest BCUT2D eigenvalue weighted by Gasteiger charge is 2.01. The third-order valence-electron chi connectivity index (χ3n) is 1.44. The van der Waals surface area contributed by atoms with E-state index in [4.69, 9.17) is 9.84 Å². The fraction of sp³-hybridized carbons (Fsp3) is 0.375. The lowest BCUT2D eigenvalue weighted by molar-refractivity contribution is 0.268. The van der Waals surface area contributed by atoms with Crippen LogP contribution in [-0.2, 0) is 6.61 Å². The third-order valence-corrected chi connectivity index (χ3v) is 1.44. The van der Waals surface area contributed by atoms with Crippen LogP contribution in [0.3, 0.4) is 0 Å². The second-order valence-corrected chi connectivity index (χ2v) is 2.26.